The lowest BCUT2D eigenvalue weighted by Crippen LogP contribution is -2.10. The van der Waals surface area contributed by atoms with Crippen molar-refractivity contribution in [3.8, 4) is 17.2 Å². The van der Waals surface area contributed by atoms with E-state index in [-0.39, 0.29) is 11.5 Å². The van der Waals surface area contributed by atoms with Gasteiger partial charge in [-0.2, -0.15) is 0 Å². The summed E-state index contributed by atoms with van der Waals surface area (Å²) in [6, 6.07) is 5.07. The maximum atomic E-state index is 12.0. The van der Waals surface area contributed by atoms with Crippen molar-refractivity contribution in [1.29, 1.82) is 0 Å². The molecule has 0 N–H and O–H groups in total. The normalized spacial score (nSPS) is 10.8. The van der Waals surface area contributed by atoms with Crippen LogP contribution in [0.1, 0.15) is 65.2 Å². The molecule has 0 aliphatic carbocycles. The van der Waals surface area contributed by atoms with Gasteiger partial charge in [0.1, 0.15) is 11.3 Å². The third-order valence-electron chi connectivity index (χ3n) is 4.51. The summed E-state index contributed by atoms with van der Waals surface area (Å²) in [5.74, 6) is -0.00286. The fraction of sp³-hybridized carbons (Fsp3) is 0.545. The molecule has 1 aromatic carbocycles. The molecule has 0 bridgehead atoms. The second-order valence-electron chi connectivity index (χ2n) is 6.83. The minimum atomic E-state index is -0.696. The Morgan fingerprint density at radius 2 is 1.68 bits per heavy atom. The quantitative estimate of drug-likeness (QED) is 0.280. The molecular formula is C22H30O6. The topological polar surface area (TPSA) is 75.0 Å². The largest absolute Gasteiger partial charge is 0.494 e. The van der Waals surface area contributed by atoms with Crippen LogP contribution in [0.15, 0.2) is 27.4 Å². The van der Waals surface area contributed by atoms with Gasteiger partial charge >= 0.3 is 11.6 Å². The highest BCUT2D eigenvalue weighted by atomic mass is 16.6. The van der Waals surface area contributed by atoms with Crippen LogP contribution in [-0.2, 0) is 4.79 Å². The summed E-state index contributed by atoms with van der Waals surface area (Å²) in [4.78, 5) is 23.4. The van der Waals surface area contributed by atoms with Crippen molar-refractivity contribution in [2.24, 2.45) is 0 Å². The summed E-state index contributed by atoms with van der Waals surface area (Å²) in [5.41, 5.74) is -0.389. The smallest absolute Gasteiger partial charge is 0.383 e. The van der Waals surface area contributed by atoms with Crippen LogP contribution in [0.25, 0.3) is 11.0 Å². The van der Waals surface area contributed by atoms with Crippen molar-refractivity contribution in [3.05, 3.63) is 28.6 Å². The molecule has 6 heteroatoms. The molecule has 0 aliphatic heterocycles. The van der Waals surface area contributed by atoms with E-state index in [1.165, 1.54) is 52.6 Å². The molecule has 0 amide bonds. The predicted octanol–water partition coefficient (Wildman–Crippen LogP) is 5.25. The number of unbranched alkanes of at least 4 members (excludes halogenated alkanes) is 7. The summed E-state index contributed by atoms with van der Waals surface area (Å²) in [6.45, 7) is 4.10. The van der Waals surface area contributed by atoms with Crippen LogP contribution in [0.4, 0.5) is 0 Å². The van der Waals surface area contributed by atoms with E-state index in [1.54, 1.807) is 18.2 Å². The first-order valence-electron chi connectivity index (χ1n) is 10.0. The molecule has 28 heavy (non-hydrogen) atoms. The Hall–Kier alpha value is -2.50. The molecule has 2 rings (SSSR count). The Bertz CT molecular complexity index is 824. The lowest BCUT2D eigenvalue weighted by molar-refractivity contribution is -0.131. The Morgan fingerprint density at radius 1 is 1.00 bits per heavy atom. The maximum Gasteiger partial charge on any atom is 0.383 e. The Morgan fingerprint density at radius 3 is 2.32 bits per heavy atom. The molecule has 0 aliphatic rings. The maximum absolute atomic E-state index is 12.0. The average molecular weight is 390 g/mol. The summed E-state index contributed by atoms with van der Waals surface area (Å²) in [7, 11) is 1.33. The van der Waals surface area contributed by atoms with Gasteiger partial charge in [-0.1, -0.05) is 51.9 Å². The first-order chi connectivity index (χ1) is 13.6. The Labute approximate surface area is 165 Å². The van der Waals surface area contributed by atoms with Gasteiger partial charge in [0.05, 0.1) is 19.1 Å². The van der Waals surface area contributed by atoms with Crippen molar-refractivity contribution in [1.82, 2.24) is 0 Å². The average Bonchev–Trinajstić information content (AvgIpc) is 2.66. The van der Waals surface area contributed by atoms with Crippen molar-refractivity contribution in [3.63, 3.8) is 0 Å². The molecule has 0 spiro atoms. The van der Waals surface area contributed by atoms with Crippen LogP contribution in [0, 0.1) is 0 Å². The third-order valence-corrected chi connectivity index (χ3v) is 4.51. The van der Waals surface area contributed by atoms with Gasteiger partial charge < -0.3 is 18.6 Å². The summed E-state index contributed by atoms with van der Waals surface area (Å²) < 4.78 is 21.3. The molecular weight excluding hydrogens is 360 g/mol. The number of carbonyl (C=O) groups excluding carboxylic acids is 1. The molecule has 2 aromatic rings. The van der Waals surface area contributed by atoms with E-state index in [0.717, 1.165) is 12.8 Å². The molecule has 0 atom stereocenters. The molecule has 154 valence electrons. The highest BCUT2D eigenvalue weighted by Gasteiger charge is 2.19. The minimum absolute atomic E-state index is 0.0544. The SMILES string of the molecule is CCCCCCCCCCOc1ccc2oc(=O)c(OC)c(OC(C)=O)c2c1. The first-order valence-corrected chi connectivity index (χ1v) is 10.0. The first kappa shape index (κ1) is 21.8. The molecule has 0 saturated heterocycles. The van der Waals surface area contributed by atoms with Gasteiger partial charge in [0.25, 0.3) is 0 Å². The van der Waals surface area contributed by atoms with Crippen LogP contribution < -0.4 is 19.8 Å². The highest BCUT2D eigenvalue weighted by Crippen LogP contribution is 2.35. The molecule has 0 unspecified atom stereocenters. The van der Waals surface area contributed by atoms with Gasteiger partial charge in [-0.25, -0.2) is 4.79 Å². The number of methoxy groups -OCH3 is 1. The third kappa shape index (κ3) is 6.29. The fourth-order valence-corrected chi connectivity index (χ4v) is 3.07. The van der Waals surface area contributed by atoms with Crippen LogP contribution >= 0.6 is 0 Å². The van der Waals surface area contributed by atoms with E-state index in [0.29, 0.717) is 23.3 Å². The highest BCUT2D eigenvalue weighted by molar-refractivity contribution is 5.89. The van der Waals surface area contributed by atoms with Gasteiger partial charge in [-0.3, -0.25) is 4.79 Å². The molecule has 0 saturated carbocycles. The number of hydrogen-bond acceptors (Lipinski definition) is 6. The molecule has 1 heterocycles. The number of rotatable bonds is 12. The lowest BCUT2D eigenvalue weighted by Gasteiger charge is -2.11. The second-order valence-corrected chi connectivity index (χ2v) is 6.83. The van der Waals surface area contributed by atoms with E-state index in [4.69, 9.17) is 18.6 Å². The van der Waals surface area contributed by atoms with E-state index < -0.39 is 11.6 Å². The van der Waals surface area contributed by atoms with Gasteiger partial charge in [0, 0.05) is 6.92 Å². The van der Waals surface area contributed by atoms with E-state index in [2.05, 4.69) is 6.92 Å². The van der Waals surface area contributed by atoms with E-state index >= 15 is 0 Å². The zero-order chi connectivity index (χ0) is 20.4. The lowest BCUT2D eigenvalue weighted by atomic mass is 10.1. The second kappa shape index (κ2) is 11.4. The minimum Gasteiger partial charge on any atom is -0.494 e. The Balaban J connectivity index is 1.98. The zero-order valence-electron chi connectivity index (χ0n) is 17.0. The van der Waals surface area contributed by atoms with Gasteiger partial charge in [-0.15, -0.1) is 0 Å². The van der Waals surface area contributed by atoms with E-state index in [1.807, 2.05) is 0 Å². The number of benzene rings is 1. The monoisotopic (exact) mass is 390 g/mol. The molecule has 1 aromatic heterocycles. The number of esters is 1. The number of ether oxygens (including phenoxy) is 3. The number of carbonyl (C=O) groups is 1. The van der Waals surface area contributed by atoms with Crippen LogP contribution in [-0.4, -0.2) is 19.7 Å². The fourth-order valence-electron chi connectivity index (χ4n) is 3.07. The molecule has 6 nitrogen and oxygen atoms in total. The van der Waals surface area contributed by atoms with E-state index in [9.17, 15) is 9.59 Å². The van der Waals surface area contributed by atoms with Gasteiger partial charge in [0.2, 0.25) is 5.75 Å². The number of fused-ring (bicyclic) bond motifs is 1. The van der Waals surface area contributed by atoms with Crippen LogP contribution in [0.3, 0.4) is 0 Å². The van der Waals surface area contributed by atoms with Crippen molar-refractivity contribution in [2.45, 2.75) is 65.2 Å². The van der Waals surface area contributed by atoms with Crippen molar-refractivity contribution in [2.75, 3.05) is 13.7 Å². The Kier molecular flexibility index (Phi) is 8.85. The standard InChI is InChI=1S/C22H30O6/c1-4-5-6-7-8-9-10-11-14-26-17-12-13-19-18(15-17)20(27-16(2)23)21(25-3)22(24)28-19/h12-13,15H,4-11,14H2,1-3H3. The summed E-state index contributed by atoms with van der Waals surface area (Å²) in [5, 5.41) is 0.458. The predicted molar refractivity (Wildman–Crippen MR) is 108 cm³/mol. The number of hydrogen-bond donors (Lipinski definition) is 0. The van der Waals surface area contributed by atoms with Crippen molar-refractivity contribution < 1.29 is 23.4 Å². The zero-order valence-corrected chi connectivity index (χ0v) is 17.0. The van der Waals surface area contributed by atoms with Gasteiger partial charge in [0.15, 0.2) is 5.75 Å². The summed E-state index contributed by atoms with van der Waals surface area (Å²) in [6.07, 6.45) is 9.86. The van der Waals surface area contributed by atoms with Crippen LogP contribution in [0.5, 0.6) is 17.2 Å². The molecule has 0 radical (unpaired) electrons. The van der Waals surface area contributed by atoms with Crippen molar-refractivity contribution >= 4 is 16.9 Å². The van der Waals surface area contributed by atoms with Crippen LogP contribution in [0.2, 0.25) is 0 Å². The molecule has 0 fully saturated rings. The summed E-state index contributed by atoms with van der Waals surface area (Å²) >= 11 is 0. The van der Waals surface area contributed by atoms with Gasteiger partial charge in [-0.05, 0) is 24.6 Å².